The molecule has 6 heteroatoms. The van der Waals surface area contributed by atoms with Crippen LogP contribution in [0.4, 0.5) is 14.5 Å². The zero-order valence-electron chi connectivity index (χ0n) is 10.1. The summed E-state index contributed by atoms with van der Waals surface area (Å²) in [6.07, 6.45) is 2.41. The molecule has 0 bridgehead atoms. The lowest BCUT2D eigenvalue weighted by molar-refractivity contribution is -0.114. The van der Waals surface area contributed by atoms with Crippen molar-refractivity contribution < 1.29 is 18.4 Å². The van der Waals surface area contributed by atoms with E-state index in [0.29, 0.717) is 6.42 Å². The minimum Gasteiger partial charge on any atom is -0.302 e. The summed E-state index contributed by atoms with van der Waals surface area (Å²) in [6, 6.07) is 1.80. The molecule has 1 aliphatic heterocycles. The van der Waals surface area contributed by atoms with Crippen LogP contribution in [0.5, 0.6) is 0 Å². The average Bonchev–Trinajstić information content (AvgIpc) is 2.65. The molecule has 2 rings (SSSR count). The average molecular weight is 332 g/mol. The van der Waals surface area contributed by atoms with Gasteiger partial charge in [0, 0.05) is 11.9 Å². The van der Waals surface area contributed by atoms with Gasteiger partial charge in [-0.3, -0.25) is 9.59 Å². The molecule has 0 spiro atoms. The van der Waals surface area contributed by atoms with Crippen LogP contribution in [0.1, 0.15) is 29.6 Å². The molecule has 0 aliphatic carbocycles. The van der Waals surface area contributed by atoms with E-state index in [9.17, 15) is 18.4 Å². The Morgan fingerprint density at radius 3 is 2.42 bits per heavy atom. The van der Waals surface area contributed by atoms with Gasteiger partial charge in [-0.05, 0) is 25.0 Å². The zero-order valence-corrected chi connectivity index (χ0v) is 11.7. The number of nitrogens with zero attached hydrogens (tertiary/aromatic N) is 1. The molecule has 0 unspecified atom stereocenters. The summed E-state index contributed by atoms with van der Waals surface area (Å²) in [4.78, 5) is 24.5. The fraction of sp³-hybridized carbons (Fsp3) is 0.385. The van der Waals surface area contributed by atoms with Crippen molar-refractivity contribution in [3.8, 4) is 0 Å². The highest BCUT2D eigenvalue weighted by Gasteiger charge is 2.40. The maximum Gasteiger partial charge on any atom is 0.299 e. The Kier molecular flexibility index (Phi) is 4.29. The monoisotopic (exact) mass is 331 g/mol. The van der Waals surface area contributed by atoms with Crippen molar-refractivity contribution in [3.63, 3.8) is 0 Å². The maximum absolute atomic E-state index is 13.7. The number of ketones is 1. The standard InChI is InChI=1S/C13H12BrF2NO2/c14-6-2-1-3-7-17-11-9(16)5-4-8(15)10(11)12(18)13(17)19/h4-5H,1-3,6-7H2. The quantitative estimate of drug-likeness (QED) is 0.472. The van der Waals surface area contributed by atoms with Gasteiger partial charge in [-0.15, -0.1) is 0 Å². The van der Waals surface area contributed by atoms with E-state index in [1.165, 1.54) is 0 Å². The highest BCUT2D eigenvalue weighted by Crippen LogP contribution is 2.33. The Labute approximate surface area is 117 Å². The molecule has 0 atom stereocenters. The van der Waals surface area contributed by atoms with Crippen molar-refractivity contribution in [1.29, 1.82) is 0 Å². The van der Waals surface area contributed by atoms with Gasteiger partial charge in [0.05, 0.1) is 11.3 Å². The van der Waals surface area contributed by atoms with Crippen molar-refractivity contribution in [3.05, 3.63) is 29.3 Å². The minimum absolute atomic E-state index is 0.214. The summed E-state index contributed by atoms with van der Waals surface area (Å²) in [6.45, 7) is 0.227. The van der Waals surface area contributed by atoms with Crippen LogP contribution in [0.15, 0.2) is 12.1 Å². The van der Waals surface area contributed by atoms with Crippen LogP contribution in [0.3, 0.4) is 0 Å². The molecule has 0 radical (unpaired) electrons. The largest absolute Gasteiger partial charge is 0.302 e. The van der Waals surface area contributed by atoms with Gasteiger partial charge in [0.25, 0.3) is 11.7 Å². The molecule has 1 aliphatic rings. The van der Waals surface area contributed by atoms with Crippen molar-refractivity contribution in [2.45, 2.75) is 19.3 Å². The van der Waals surface area contributed by atoms with E-state index < -0.39 is 28.9 Å². The summed E-state index contributed by atoms with van der Waals surface area (Å²) in [5.41, 5.74) is -0.653. The lowest BCUT2D eigenvalue weighted by Crippen LogP contribution is -2.31. The van der Waals surface area contributed by atoms with Gasteiger partial charge in [0.2, 0.25) is 0 Å². The van der Waals surface area contributed by atoms with Crippen LogP contribution >= 0.6 is 15.9 Å². The summed E-state index contributed by atoms with van der Waals surface area (Å²) in [7, 11) is 0. The number of anilines is 1. The molecular formula is C13H12BrF2NO2. The van der Waals surface area contributed by atoms with Gasteiger partial charge in [0.15, 0.2) is 0 Å². The predicted molar refractivity (Wildman–Crippen MR) is 70.7 cm³/mol. The molecular weight excluding hydrogens is 320 g/mol. The molecule has 0 fully saturated rings. The third-order valence-electron chi connectivity index (χ3n) is 3.03. The third kappa shape index (κ3) is 2.54. The van der Waals surface area contributed by atoms with E-state index in [-0.39, 0.29) is 12.2 Å². The Bertz CT molecular complexity index is 534. The summed E-state index contributed by atoms with van der Waals surface area (Å²) >= 11 is 3.29. The highest BCUT2D eigenvalue weighted by molar-refractivity contribution is 9.09. The lowest BCUT2D eigenvalue weighted by atomic mass is 10.1. The SMILES string of the molecule is O=C1C(=O)N(CCCCCBr)c2c(F)ccc(F)c21. The predicted octanol–water partition coefficient (Wildman–Crippen LogP) is 3.06. The van der Waals surface area contributed by atoms with Crippen molar-refractivity contribution in [1.82, 2.24) is 0 Å². The number of unbranched alkanes of at least 4 members (excludes halogenated alkanes) is 2. The number of alkyl halides is 1. The smallest absolute Gasteiger partial charge is 0.299 e. The molecule has 1 aromatic carbocycles. The van der Waals surface area contributed by atoms with Crippen molar-refractivity contribution in [2.75, 3.05) is 16.8 Å². The summed E-state index contributed by atoms with van der Waals surface area (Å²) < 4.78 is 27.3. The highest BCUT2D eigenvalue weighted by atomic mass is 79.9. The second-order valence-electron chi connectivity index (χ2n) is 4.29. The number of halogens is 3. The second-order valence-corrected chi connectivity index (χ2v) is 5.08. The number of Topliss-reactive ketones (excluding diaryl/α,β-unsaturated/α-hetero) is 1. The topological polar surface area (TPSA) is 37.4 Å². The Morgan fingerprint density at radius 2 is 1.74 bits per heavy atom. The van der Waals surface area contributed by atoms with E-state index in [0.717, 1.165) is 35.2 Å². The first-order valence-electron chi connectivity index (χ1n) is 5.98. The van der Waals surface area contributed by atoms with E-state index in [2.05, 4.69) is 15.9 Å². The van der Waals surface area contributed by atoms with Gasteiger partial charge in [-0.25, -0.2) is 8.78 Å². The molecule has 0 N–H and O–H groups in total. The first-order chi connectivity index (χ1) is 9.07. The molecule has 3 nitrogen and oxygen atoms in total. The number of fused-ring (bicyclic) bond motifs is 1. The van der Waals surface area contributed by atoms with Crippen LogP contribution < -0.4 is 4.90 Å². The van der Waals surface area contributed by atoms with Gasteiger partial charge < -0.3 is 4.90 Å². The molecule has 1 amide bonds. The van der Waals surface area contributed by atoms with Gasteiger partial charge in [-0.1, -0.05) is 22.4 Å². The first-order valence-corrected chi connectivity index (χ1v) is 7.10. The van der Waals surface area contributed by atoms with Crippen molar-refractivity contribution >= 4 is 33.3 Å². The number of carbonyl (C=O) groups excluding carboxylic acids is 2. The van der Waals surface area contributed by atoms with E-state index in [4.69, 9.17) is 0 Å². The van der Waals surface area contributed by atoms with Crippen LogP contribution in [-0.2, 0) is 4.79 Å². The third-order valence-corrected chi connectivity index (χ3v) is 3.59. The number of amides is 1. The Hall–Kier alpha value is -1.30. The summed E-state index contributed by atoms with van der Waals surface area (Å²) in [5.74, 6) is -3.40. The fourth-order valence-electron chi connectivity index (χ4n) is 2.11. The van der Waals surface area contributed by atoms with E-state index in [1.807, 2.05) is 0 Å². The second kappa shape index (κ2) is 5.77. The number of benzene rings is 1. The molecule has 102 valence electrons. The molecule has 1 aromatic rings. The first kappa shape index (κ1) is 14.1. The number of hydrogen-bond acceptors (Lipinski definition) is 2. The fourth-order valence-corrected chi connectivity index (χ4v) is 2.50. The number of hydrogen-bond donors (Lipinski definition) is 0. The molecule has 0 aromatic heterocycles. The Balaban J connectivity index is 2.26. The van der Waals surface area contributed by atoms with Gasteiger partial charge in [0.1, 0.15) is 11.6 Å². The molecule has 1 heterocycles. The van der Waals surface area contributed by atoms with E-state index in [1.54, 1.807) is 0 Å². The minimum atomic E-state index is -0.965. The van der Waals surface area contributed by atoms with Gasteiger partial charge >= 0.3 is 0 Å². The van der Waals surface area contributed by atoms with Crippen LogP contribution in [0, 0.1) is 11.6 Å². The van der Waals surface area contributed by atoms with Crippen LogP contribution in [-0.4, -0.2) is 23.6 Å². The van der Waals surface area contributed by atoms with Crippen molar-refractivity contribution in [2.24, 2.45) is 0 Å². The summed E-state index contributed by atoms with van der Waals surface area (Å²) in [5, 5.41) is 0.847. The van der Waals surface area contributed by atoms with Crippen LogP contribution in [0.2, 0.25) is 0 Å². The Morgan fingerprint density at radius 1 is 1.05 bits per heavy atom. The zero-order chi connectivity index (χ0) is 14.0. The molecule has 19 heavy (non-hydrogen) atoms. The molecule has 0 saturated heterocycles. The maximum atomic E-state index is 13.7. The molecule has 0 saturated carbocycles. The van der Waals surface area contributed by atoms with Crippen LogP contribution in [0.25, 0.3) is 0 Å². The normalized spacial score (nSPS) is 14.2. The number of carbonyl (C=O) groups is 2. The van der Waals surface area contributed by atoms with E-state index >= 15 is 0 Å². The van der Waals surface area contributed by atoms with Gasteiger partial charge in [-0.2, -0.15) is 0 Å². The lowest BCUT2D eigenvalue weighted by Gasteiger charge is -2.16. The number of rotatable bonds is 5.